The van der Waals surface area contributed by atoms with E-state index in [9.17, 15) is 13.2 Å². The van der Waals surface area contributed by atoms with Crippen molar-refractivity contribution >= 4 is 15.8 Å². The molecule has 0 radical (unpaired) electrons. The highest BCUT2D eigenvalue weighted by molar-refractivity contribution is 7.92. The van der Waals surface area contributed by atoms with E-state index in [0.29, 0.717) is 23.5 Å². The number of ether oxygens (including phenoxy) is 1. The van der Waals surface area contributed by atoms with Gasteiger partial charge in [-0.2, -0.15) is 0 Å². The Kier molecular flexibility index (Phi) is 4.04. The first-order valence-electron chi connectivity index (χ1n) is 6.20. The van der Waals surface area contributed by atoms with Gasteiger partial charge < -0.3 is 4.74 Å². The van der Waals surface area contributed by atoms with Crippen LogP contribution in [0.15, 0.2) is 46.9 Å². The fourth-order valence-corrected chi connectivity index (χ4v) is 3.79. The van der Waals surface area contributed by atoms with E-state index in [-0.39, 0.29) is 6.42 Å². The molecule has 5 heteroatoms. The molecule has 1 unspecified atom stereocenters. The van der Waals surface area contributed by atoms with Crippen LogP contribution >= 0.6 is 0 Å². The molecule has 1 aliphatic carbocycles. The first kappa shape index (κ1) is 13.8. The lowest BCUT2D eigenvalue weighted by molar-refractivity contribution is -0.138. The Labute approximate surface area is 113 Å². The molecule has 1 aromatic rings. The first-order valence-corrected chi connectivity index (χ1v) is 7.75. The van der Waals surface area contributed by atoms with E-state index >= 15 is 0 Å². The van der Waals surface area contributed by atoms with Crippen molar-refractivity contribution in [3.05, 3.63) is 42.0 Å². The lowest BCUT2D eigenvalue weighted by Crippen LogP contribution is -2.19. The Morgan fingerprint density at radius 3 is 2.63 bits per heavy atom. The molecule has 2 rings (SSSR count). The lowest BCUT2D eigenvalue weighted by atomic mass is 10.2. The number of esters is 1. The molecule has 0 N–H and O–H groups in total. The summed E-state index contributed by atoms with van der Waals surface area (Å²) in [5.74, 6) is -0.409. The van der Waals surface area contributed by atoms with Crippen LogP contribution in [0.5, 0.6) is 0 Å². The molecule has 4 nitrogen and oxygen atoms in total. The van der Waals surface area contributed by atoms with Crippen molar-refractivity contribution in [2.45, 2.75) is 29.9 Å². The molecule has 102 valence electrons. The monoisotopic (exact) mass is 280 g/mol. The van der Waals surface area contributed by atoms with E-state index in [1.54, 1.807) is 43.3 Å². The van der Waals surface area contributed by atoms with Crippen molar-refractivity contribution in [2.24, 2.45) is 0 Å². The molecule has 0 aromatic heterocycles. The molecule has 0 spiro atoms. The van der Waals surface area contributed by atoms with Crippen molar-refractivity contribution in [2.75, 3.05) is 6.61 Å². The fraction of sp³-hybridized carbons (Fsp3) is 0.357. The lowest BCUT2D eigenvalue weighted by Gasteiger charge is -2.11. The van der Waals surface area contributed by atoms with Crippen LogP contribution in [-0.2, 0) is 19.4 Å². The minimum atomic E-state index is -3.38. The molecule has 0 heterocycles. The van der Waals surface area contributed by atoms with Gasteiger partial charge in [0.25, 0.3) is 0 Å². The van der Waals surface area contributed by atoms with Crippen LogP contribution in [0, 0.1) is 0 Å². The Bertz CT molecular complexity index is 587. The van der Waals surface area contributed by atoms with Crippen LogP contribution in [-0.4, -0.2) is 26.2 Å². The maximum atomic E-state index is 12.4. The maximum absolute atomic E-state index is 12.4. The number of hydrogen-bond donors (Lipinski definition) is 0. The summed E-state index contributed by atoms with van der Waals surface area (Å²) >= 11 is 0. The third-order valence-corrected chi connectivity index (χ3v) is 5.29. The molecule has 0 saturated heterocycles. The minimum absolute atomic E-state index is 0.232. The van der Waals surface area contributed by atoms with Crippen molar-refractivity contribution in [1.82, 2.24) is 0 Å². The van der Waals surface area contributed by atoms with Gasteiger partial charge in [0.2, 0.25) is 0 Å². The highest BCUT2D eigenvalue weighted by atomic mass is 32.2. The van der Waals surface area contributed by atoms with Crippen LogP contribution in [0.1, 0.15) is 19.8 Å². The van der Waals surface area contributed by atoms with Gasteiger partial charge in [-0.15, -0.1) is 0 Å². The summed E-state index contributed by atoms with van der Waals surface area (Å²) < 4.78 is 29.6. The van der Waals surface area contributed by atoms with E-state index < -0.39 is 21.1 Å². The van der Waals surface area contributed by atoms with Crippen LogP contribution < -0.4 is 0 Å². The quantitative estimate of drug-likeness (QED) is 0.793. The minimum Gasteiger partial charge on any atom is -0.463 e. The van der Waals surface area contributed by atoms with Gasteiger partial charge in [0, 0.05) is 5.57 Å². The van der Waals surface area contributed by atoms with E-state index in [4.69, 9.17) is 4.74 Å². The van der Waals surface area contributed by atoms with E-state index in [1.807, 2.05) is 0 Å². The Hall–Kier alpha value is -1.62. The van der Waals surface area contributed by atoms with Gasteiger partial charge in [0.05, 0.1) is 16.8 Å². The average molecular weight is 280 g/mol. The second kappa shape index (κ2) is 5.57. The first-order chi connectivity index (χ1) is 9.05. The number of benzene rings is 1. The van der Waals surface area contributed by atoms with Crippen molar-refractivity contribution in [1.29, 1.82) is 0 Å². The zero-order valence-electron chi connectivity index (χ0n) is 10.7. The standard InChI is InChI=1S/C14H16O4S/c1-2-18-14(15)11-8-9-13(10-11)19(16,17)12-6-4-3-5-7-12/h3-8,13H,2,9-10H2,1H3. The second-order valence-corrected chi connectivity index (χ2v) is 6.60. The smallest absolute Gasteiger partial charge is 0.333 e. The number of sulfone groups is 1. The Balaban J connectivity index is 2.13. The van der Waals surface area contributed by atoms with Gasteiger partial charge in [-0.3, -0.25) is 0 Å². The van der Waals surface area contributed by atoms with Gasteiger partial charge >= 0.3 is 5.97 Å². The number of carbonyl (C=O) groups is 1. The van der Waals surface area contributed by atoms with Gasteiger partial charge in [-0.05, 0) is 31.9 Å². The molecule has 1 aliphatic rings. The predicted octanol–water partition coefficient (Wildman–Crippen LogP) is 2.11. The van der Waals surface area contributed by atoms with Crippen LogP contribution in [0.2, 0.25) is 0 Å². The summed E-state index contributed by atoms with van der Waals surface area (Å²) in [7, 11) is -3.38. The predicted molar refractivity (Wildman–Crippen MR) is 71.4 cm³/mol. The third kappa shape index (κ3) is 2.87. The molecule has 0 saturated carbocycles. The SMILES string of the molecule is CCOC(=O)C1=CCC(S(=O)(=O)c2ccccc2)C1. The number of hydrogen-bond acceptors (Lipinski definition) is 4. The highest BCUT2D eigenvalue weighted by Gasteiger charge is 2.33. The summed E-state index contributed by atoms with van der Waals surface area (Å²) in [5.41, 5.74) is 0.464. The zero-order valence-corrected chi connectivity index (χ0v) is 11.5. The van der Waals surface area contributed by atoms with Gasteiger partial charge in [-0.25, -0.2) is 13.2 Å². The largest absolute Gasteiger partial charge is 0.463 e. The molecule has 1 atom stereocenters. The molecule has 0 bridgehead atoms. The molecule has 0 fully saturated rings. The summed E-state index contributed by atoms with van der Waals surface area (Å²) in [6.07, 6.45) is 2.27. The second-order valence-electron chi connectivity index (χ2n) is 4.37. The number of allylic oxidation sites excluding steroid dienone is 1. The molecule has 0 amide bonds. The summed E-state index contributed by atoms with van der Waals surface area (Å²) in [6, 6.07) is 8.33. The highest BCUT2D eigenvalue weighted by Crippen LogP contribution is 2.29. The summed E-state index contributed by atoms with van der Waals surface area (Å²) in [6.45, 7) is 2.03. The van der Waals surface area contributed by atoms with Gasteiger partial charge in [0.1, 0.15) is 0 Å². The van der Waals surface area contributed by atoms with Crippen molar-refractivity contribution in [3.8, 4) is 0 Å². The third-order valence-electron chi connectivity index (χ3n) is 3.12. The van der Waals surface area contributed by atoms with E-state index in [2.05, 4.69) is 0 Å². The Morgan fingerprint density at radius 2 is 2.00 bits per heavy atom. The molecule has 19 heavy (non-hydrogen) atoms. The van der Waals surface area contributed by atoms with E-state index in [1.165, 1.54) is 0 Å². The van der Waals surface area contributed by atoms with E-state index in [0.717, 1.165) is 0 Å². The maximum Gasteiger partial charge on any atom is 0.333 e. The number of rotatable bonds is 4. The fourth-order valence-electron chi connectivity index (χ4n) is 2.12. The molecule has 0 aliphatic heterocycles. The van der Waals surface area contributed by atoms with Crippen LogP contribution in [0.3, 0.4) is 0 Å². The van der Waals surface area contributed by atoms with Crippen molar-refractivity contribution < 1.29 is 17.9 Å². The molecular formula is C14H16O4S. The average Bonchev–Trinajstić information content (AvgIpc) is 2.90. The zero-order chi connectivity index (χ0) is 13.9. The van der Waals surface area contributed by atoms with Gasteiger partial charge in [-0.1, -0.05) is 24.3 Å². The van der Waals surface area contributed by atoms with Gasteiger partial charge in [0.15, 0.2) is 9.84 Å². The van der Waals surface area contributed by atoms with Crippen molar-refractivity contribution in [3.63, 3.8) is 0 Å². The topological polar surface area (TPSA) is 60.4 Å². The number of carbonyl (C=O) groups excluding carboxylic acids is 1. The Morgan fingerprint density at radius 1 is 1.32 bits per heavy atom. The summed E-state index contributed by atoms with van der Waals surface area (Å²) in [4.78, 5) is 11.9. The normalized spacial score (nSPS) is 19.0. The molecule has 1 aromatic carbocycles. The van der Waals surface area contributed by atoms with Crippen LogP contribution in [0.4, 0.5) is 0 Å². The molecular weight excluding hydrogens is 264 g/mol. The van der Waals surface area contributed by atoms with Crippen LogP contribution in [0.25, 0.3) is 0 Å². The summed E-state index contributed by atoms with van der Waals surface area (Å²) in [5, 5.41) is -0.561.